The summed E-state index contributed by atoms with van der Waals surface area (Å²) in [5.41, 5.74) is 2.04. The number of benzene rings is 1. The molecule has 4 aromatic rings. The molecule has 0 aliphatic rings. The van der Waals surface area contributed by atoms with Crippen LogP contribution in [0.5, 0.6) is 0 Å². The van der Waals surface area contributed by atoms with E-state index < -0.39 is 0 Å². The quantitative estimate of drug-likeness (QED) is 0.549. The molecule has 4 rings (SSSR count). The van der Waals surface area contributed by atoms with E-state index in [-0.39, 0.29) is 11.5 Å². The van der Waals surface area contributed by atoms with Crippen LogP contribution in [0.3, 0.4) is 0 Å². The van der Waals surface area contributed by atoms with Gasteiger partial charge in [0.05, 0.1) is 11.4 Å². The highest BCUT2D eigenvalue weighted by molar-refractivity contribution is 7.20. The third kappa shape index (κ3) is 4.05. The summed E-state index contributed by atoms with van der Waals surface area (Å²) in [4.78, 5) is 29.7. The van der Waals surface area contributed by atoms with Crippen molar-refractivity contribution in [2.75, 3.05) is 5.32 Å². The van der Waals surface area contributed by atoms with Gasteiger partial charge in [0.25, 0.3) is 11.5 Å². The van der Waals surface area contributed by atoms with Crippen LogP contribution < -0.4 is 10.9 Å². The van der Waals surface area contributed by atoms with E-state index in [1.807, 2.05) is 47.8 Å². The van der Waals surface area contributed by atoms with Crippen LogP contribution in [-0.4, -0.2) is 15.5 Å². The summed E-state index contributed by atoms with van der Waals surface area (Å²) in [7, 11) is 0. The van der Waals surface area contributed by atoms with Crippen molar-refractivity contribution in [2.45, 2.75) is 6.54 Å². The van der Waals surface area contributed by atoms with Crippen LogP contribution in [0, 0.1) is 0 Å². The molecule has 0 aliphatic heterocycles. The molecule has 0 bridgehead atoms. The lowest BCUT2D eigenvalue weighted by Gasteiger charge is -2.07. The standard InChI is InChI=1S/C20H15N3O2S2/c24-18-5-1-2-10-23(18)12-14-6-8-15(9-7-14)21-19(25)16-13-27-20(22-16)17-4-3-11-26-17/h1-11,13H,12H2,(H,21,25). The van der Waals surface area contributed by atoms with Crippen molar-refractivity contribution in [1.29, 1.82) is 0 Å². The zero-order chi connectivity index (χ0) is 18.6. The Morgan fingerprint density at radius 1 is 1.04 bits per heavy atom. The third-order valence-corrected chi connectivity index (χ3v) is 5.81. The molecule has 3 heterocycles. The van der Waals surface area contributed by atoms with Gasteiger partial charge in [0.15, 0.2) is 0 Å². The maximum Gasteiger partial charge on any atom is 0.275 e. The summed E-state index contributed by atoms with van der Waals surface area (Å²) in [6.45, 7) is 0.490. The first kappa shape index (κ1) is 17.4. The number of hydrogen-bond acceptors (Lipinski definition) is 5. The first-order chi connectivity index (χ1) is 13.2. The Morgan fingerprint density at radius 3 is 2.63 bits per heavy atom. The number of nitrogens with one attached hydrogen (secondary N) is 1. The van der Waals surface area contributed by atoms with Gasteiger partial charge >= 0.3 is 0 Å². The molecule has 134 valence electrons. The second-order valence-corrected chi connectivity index (χ2v) is 7.64. The van der Waals surface area contributed by atoms with Crippen molar-refractivity contribution in [2.24, 2.45) is 0 Å². The number of nitrogens with zero attached hydrogens (tertiary/aromatic N) is 2. The van der Waals surface area contributed by atoms with Gasteiger partial charge in [0.1, 0.15) is 10.7 Å². The van der Waals surface area contributed by atoms with E-state index in [2.05, 4.69) is 10.3 Å². The number of thiophene rings is 1. The van der Waals surface area contributed by atoms with Crippen molar-refractivity contribution in [1.82, 2.24) is 9.55 Å². The molecule has 0 unspecified atom stereocenters. The first-order valence-corrected chi connectivity index (χ1v) is 10.0. The largest absolute Gasteiger partial charge is 0.321 e. The minimum absolute atomic E-state index is 0.0417. The van der Waals surface area contributed by atoms with Gasteiger partial charge in [-0.25, -0.2) is 4.98 Å². The normalized spacial score (nSPS) is 10.7. The molecule has 27 heavy (non-hydrogen) atoms. The van der Waals surface area contributed by atoms with Crippen molar-refractivity contribution in [3.63, 3.8) is 0 Å². The van der Waals surface area contributed by atoms with Crippen molar-refractivity contribution < 1.29 is 4.79 Å². The van der Waals surface area contributed by atoms with Gasteiger partial charge in [0.2, 0.25) is 0 Å². The van der Waals surface area contributed by atoms with Gasteiger partial charge in [0, 0.05) is 23.3 Å². The van der Waals surface area contributed by atoms with Crippen LogP contribution >= 0.6 is 22.7 Å². The van der Waals surface area contributed by atoms with Gasteiger partial charge in [-0.2, -0.15) is 0 Å². The van der Waals surface area contributed by atoms with E-state index >= 15 is 0 Å². The van der Waals surface area contributed by atoms with Gasteiger partial charge in [-0.15, -0.1) is 22.7 Å². The Labute approximate surface area is 163 Å². The van der Waals surface area contributed by atoms with Crippen LogP contribution in [0.25, 0.3) is 9.88 Å². The summed E-state index contributed by atoms with van der Waals surface area (Å²) in [6.07, 6.45) is 1.76. The molecule has 1 N–H and O–H groups in total. The minimum Gasteiger partial charge on any atom is -0.321 e. The summed E-state index contributed by atoms with van der Waals surface area (Å²) < 4.78 is 1.63. The van der Waals surface area contributed by atoms with Gasteiger partial charge in [-0.05, 0) is 35.2 Å². The second-order valence-electron chi connectivity index (χ2n) is 5.83. The molecular weight excluding hydrogens is 378 g/mol. The lowest BCUT2D eigenvalue weighted by molar-refractivity contribution is 0.102. The summed E-state index contributed by atoms with van der Waals surface area (Å²) >= 11 is 3.06. The molecule has 5 nitrogen and oxygen atoms in total. The topological polar surface area (TPSA) is 64.0 Å². The number of hydrogen-bond donors (Lipinski definition) is 1. The minimum atomic E-state index is -0.235. The van der Waals surface area contributed by atoms with Crippen LogP contribution in [0.4, 0.5) is 5.69 Å². The molecule has 0 fully saturated rings. The summed E-state index contributed by atoms with van der Waals surface area (Å²) in [5, 5.41) is 7.46. The average molecular weight is 393 g/mol. The number of carbonyl (C=O) groups excluding carboxylic acids is 1. The van der Waals surface area contributed by atoms with Crippen LogP contribution in [0.1, 0.15) is 16.1 Å². The molecule has 0 saturated heterocycles. The molecule has 7 heteroatoms. The van der Waals surface area contributed by atoms with E-state index in [0.29, 0.717) is 17.9 Å². The molecule has 3 aromatic heterocycles. The Balaban J connectivity index is 1.43. The molecule has 0 aliphatic carbocycles. The fourth-order valence-corrected chi connectivity index (χ4v) is 4.18. The first-order valence-electron chi connectivity index (χ1n) is 8.24. The lowest BCUT2D eigenvalue weighted by Crippen LogP contribution is -2.18. The fraction of sp³-hybridized carbons (Fsp3) is 0.0500. The summed E-state index contributed by atoms with van der Waals surface area (Å²) in [5.74, 6) is -0.235. The maximum atomic E-state index is 12.4. The van der Waals surface area contributed by atoms with Crippen LogP contribution in [-0.2, 0) is 6.54 Å². The average Bonchev–Trinajstić information content (AvgIpc) is 3.36. The third-order valence-electron chi connectivity index (χ3n) is 3.93. The molecule has 0 radical (unpaired) electrons. The monoisotopic (exact) mass is 393 g/mol. The summed E-state index contributed by atoms with van der Waals surface area (Å²) in [6, 6.07) is 16.5. The highest BCUT2D eigenvalue weighted by atomic mass is 32.1. The highest BCUT2D eigenvalue weighted by Crippen LogP contribution is 2.28. The molecule has 1 amide bonds. The second kappa shape index (κ2) is 7.69. The van der Waals surface area contributed by atoms with Crippen LogP contribution in [0.15, 0.2) is 76.3 Å². The number of anilines is 1. The molecule has 0 atom stereocenters. The molecule has 0 saturated carbocycles. The van der Waals surface area contributed by atoms with Crippen LogP contribution in [0.2, 0.25) is 0 Å². The number of pyridine rings is 1. The van der Waals surface area contributed by atoms with Crippen molar-refractivity contribution in [3.8, 4) is 9.88 Å². The van der Waals surface area contributed by atoms with E-state index in [9.17, 15) is 9.59 Å². The molecule has 0 spiro atoms. The number of rotatable bonds is 5. The lowest BCUT2D eigenvalue weighted by atomic mass is 10.2. The number of aromatic nitrogens is 2. The van der Waals surface area contributed by atoms with E-state index in [1.54, 1.807) is 33.5 Å². The van der Waals surface area contributed by atoms with Crippen molar-refractivity contribution >= 4 is 34.3 Å². The highest BCUT2D eigenvalue weighted by Gasteiger charge is 2.12. The van der Waals surface area contributed by atoms with E-state index in [0.717, 1.165) is 15.4 Å². The number of carbonyl (C=O) groups is 1. The Hall–Kier alpha value is -3.03. The SMILES string of the molecule is O=C(Nc1ccc(Cn2ccccc2=O)cc1)c1csc(-c2cccs2)n1. The fourth-order valence-electron chi connectivity index (χ4n) is 2.57. The van der Waals surface area contributed by atoms with Gasteiger partial charge < -0.3 is 9.88 Å². The number of amides is 1. The Kier molecular flexibility index (Phi) is 4.95. The van der Waals surface area contributed by atoms with E-state index in [4.69, 9.17) is 0 Å². The Bertz CT molecular complexity index is 1110. The molecular formula is C20H15N3O2S2. The van der Waals surface area contributed by atoms with E-state index in [1.165, 1.54) is 17.4 Å². The van der Waals surface area contributed by atoms with Crippen molar-refractivity contribution in [3.05, 3.63) is 93.2 Å². The van der Waals surface area contributed by atoms with Gasteiger partial charge in [-0.1, -0.05) is 24.3 Å². The van der Waals surface area contributed by atoms with Gasteiger partial charge in [-0.3, -0.25) is 9.59 Å². The predicted octanol–water partition coefficient (Wildman–Crippen LogP) is 4.33. The Morgan fingerprint density at radius 2 is 1.89 bits per heavy atom. The maximum absolute atomic E-state index is 12.4. The predicted molar refractivity (Wildman–Crippen MR) is 110 cm³/mol. The molecule has 1 aromatic carbocycles. The number of thiazole rings is 1. The zero-order valence-corrected chi connectivity index (χ0v) is 15.8. The smallest absolute Gasteiger partial charge is 0.275 e. The zero-order valence-electron chi connectivity index (χ0n) is 14.2.